The van der Waals surface area contributed by atoms with Crippen molar-refractivity contribution >= 4 is 0 Å². The molecule has 0 heterocycles. The van der Waals surface area contributed by atoms with Gasteiger partial charge >= 0.3 is 0 Å². The van der Waals surface area contributed by atoms with Crippen LogP contribution >= 0.6 is 0 Å². The van der Waals surface area contributed by atoms with Gasteiger partial charge in [-0.3, -0.25) is 0 Å². The third-order valence-electron chi connectivity index (χ3n) is 8.21. The fraction of sp³-hybridized carbons (Fsp3) is 0.263. The van der Waals surface area contributed by atoms with Crippen molar-refractivity contribution in [2.75, 3.05) is 0 Å². The molecule has 0 bridgehead atoms. The standard InChI is InChI=1S/C38H38/c1-37(2,3)35-23-31-29(21-33(35)27-14-8-7-9-15-27)20-30-22-34(36(24-32(30)31)38(4,5)6)28-18-16-26(17-19-28)25-12-10-11-13-25/h7-19,21-25H,20H2,1-6H3. The lowest BCUT2D eigenvalue weighted by Gasteiger charge is -2.26. The lowest BCUT2D eigenvalue weighted by Crippen LogP contribution is -2.14. The van der Waals surface area contributed by atoms with Crippen LogP contribution in [0.15, 0.2) is 103 Å². The van der Waals surface area contributed by atoms with E-state index in [-0.39, 0.29) is 10.8 Å². The highest BCUT2D eigenvalue weighted by molar-refractivity contribution is 5.86. The van der Waals surface area contributed by atoms with Crippen molar-refractivity contribution in [2.45, 2.75) is 64.7 Å². The van der Waals surface area contributed by atoms with Crippen molar-refractivity contribution in [1.29, 1.82) is 0 Å². The maximum atomic E-state index is 2.50. The van der Waals surface area contributed by atoms with Crippen LogP contribution < -0.4 is 0 Å². The molecule has 0 radical (unpaired) electrons. The lowest BCUT2D eigenvalue weighted by molar-refractivity contribution is 0.591. The average molecular weight is 495 g/mol. The van der Waals surface area contributed by atoms with Gasteiger partial charge in [0, 0.05) is 5.92 Å². The van der Waals surface area contributed by atoms with E-state index in [4.69, 9.17) is 0 Å². The van der Waals surface area contributed by atoms with Crippen LogP contribution in [0.1, 0.15) is 75.3 Å². The predicted molar refractivity (Wildman–Crippen MR) is 164 cm³/mol. The first-order valence-electron chi connectivity index (χ1n) is 14.0. The van der Waals surface area contributed by atoms with Crippen molar-refractivity contribution in [3.63, 3.8) is 0 Å². The van der Waals surface area contributed by atoms with E-state index in [1.807, 2.05) is 0 Å². The Morgan fingerprint density at radius 2 is 1.00 bits per heavy atom. The normalized spacial score (nSPS) is 14.7. The largest absolute Gasteiger partial charge is 0.0732 e. The number of allylic oxidation sites excluding steroid dienone is 4. The van der Waals surface area contributed by atoms with Gasteiger partial charge in [0.05, 0.1) is 0 Å². The maximum Gasteiger partial charge on any atom is 0.0204 e. The Labute approximate surface area is 228 Å². The molecule has 0 nitrogen and oxygen atoms in total. The number of hydrogen-bond acceptors (Lipinski definition) is 0. The molecule has 2 aliphatic rings. The van der Waals surface area contributed by atoms with Crippen LogP contribution in [0.3, 0.4) is 0 Å². The van der Waals surface area contributed by atoms with Crippen LogP contribution in [-0.2, 0) is 17.3 Å². The van der Waals surface area contributed by atoms with Crippen LogP contribution in [0.4, 0.5) is 0 Å². The zero-order valence-electron chi connectivity index (χ0n) is 23.6. The minimum Gasteiger partial charge on any atom is -0.0732 e. The SMILES string of the molecule is CC(C)(C)c1cc2c(cc1-c1ccccc1)Cc1cc(-c3ccc(C4C=CC=C4)cc3)c(C(C)(C)C)cc1-2. The molecule has 190 valence electrons. The van der Waals surface area contributed by atoms with Crippen molar-refractivity contribution in [3.05, 3.63) is 131 Å². The predicted octanol–water partition coefficient (Wildman–Crippen LogP) is 10.4. The Kier molecular flexibility index (Phi) is 5.84. The monoisotopic (exact) mass is 494 g/mol. The van der Waals surface area contributed by atoms with Crippen molar-refractivity contribution in [1.82, 2.24) is 0 Å². The van der Waals surface area contributed by atoms with Gasteiger partial charge in [-0.15, -0.1) is 0 Å². The van der Waals surface area contributed by atoms with E-state index >= 15 is 0 Å². The van der Waals surface area contributed by atoms with E-state index in [1.54, 1.807) is 0 Å². The minimum absolute atomic E-state index is 0.0412. The van der Waals surface area contributed by atoms with Crippen LogP contribution in [0.25, 0.3) is 33.4 Å². The van der Waals surface area contributed by atoms with Gasteiger partial charge in [0.25, 0.3) is 0 Å². The second kappa shape index (κ2) is 8.98. The highest BCUT2D eigenvalue weighted by Gasteiger charge is 2.29. The van der Waals surface area contributed by atoms with Gasteiger partial charge in [-0.2, -0.15) is 0 Å². The molecule has 0 heteroatoms. The van der Waals surface area contributed by atoms with Crippen LogP contribution in [0, 0.1) is 0 Å². The molecule has 6 rings (SSSR count). The average Bonchev–Trinajstić information content (AvgIpc) is 3.54. The summed E-state index contributed by atoms with van der Waals surface area (Å²) in [5.74, 6) is 0.400. The summed E-state index contributed by atoms with van der Waals surface area (Å²) in [6, 6.07) is 30.1. The quantitative estimate of drug-likeness (QED) is 0.234. The molecule has 0 aliphatic heterocycles. The number of benzene rings is 4. The minimum atomic E-state index is 0.0412. The molecule has 4 aromatic rings. The van der Waals surface area contributed by atoms with Crippen molar-refractivity contribution in [3.8, 4) is 33.4 Å². The van der Waals surface area contributed by atoms with Gasteiger partial charge in [0.2, 0.25) is 0 Å². The fourth-order valence-electron chi connectivity index (χ4n) is 6.16. The molecule has 38 heavy (non-hydrogen) atoms. The summed E-state index contributed by atoms with van der Waals surface area (Å²) < 4.78 is 0. The van der Waals surface area contributed by atoms with Crippen LogP contribution in [0.5, 0.6) is 0 Å². The number of hydrogen-bond donors (Lipinski definition) is 0. The van der Waals surface area contributed by atoms with Gasteiger partial charge in [-0.05, 0) is 103 Å². The van der Waals surface area contributed by atoms with E-state index in [2.05, 4.69) is 145 Å². The first kappa shape index (κ1) is 24.7. The number of rotatable bonds is 3. The summed E-state index contributed by atoms with van der Waals surface area (Å²) in [6.07, 6.45) is 9.79. The molecule has 4 aromatic carbocycles. The Morgan fingerprint density at radius 3 is 1.47 bits per heavy atom. The second-order valence-electron chi connectivity index (χ2n) is 13.1. The molecule has 0 fully saturated rings. The number of fused-ring (bicyclic) bond motifs is 3. The van der Waals surface area contributed by atoms with Gasteiger partial charge in [0.15, 0.2) is 0 Å². The van der Waals surface area contributed by atoms with E-state index in [9.17, 15) is 0 Å². The third kappa shape index (κ3) is 4.37. The van der Waals surface area contributed by atoms with Gasteiger partial charge in [-0.25, -0.2) is 0 Å². The molecule has 0 atom stereocenters. The van der Waals surface area contributed by atoms with Gasteiger partial charge in [-0.1, -0.05) is 120 Å². The van der Waals surface area contributed by atoms with Crippen LogP contribution in [0.2, 0.25) is 0 Å². The molecule has 2 aliphatic carbocycles. The first-order chi connectivity index (χ1) is 18.1. The summed E-state index contributed by atoms with van der Waals surface area (Å²) in [5.41, 5.74) is 15.4. The Balaban J connectivity index is 1.49. The third-order valence-corrected chi connectivity index (χ3v) is 8.21. The van der Waals surface area contributed by atoms with Gasteiger partial charge in [0.1, 0.15) is 0 Å². The molecular weight excluding hydrogens is 456 g/mol. The molecular formula is C38H38. The lowest BCUT2D eigenvalue weighted by atomic mass is 9.78. The van der Waals surface area contributed by atoms with E-state index < -0.39 is 0 Å². The highest BCUT2D eigenvalue weighted by atomic mass is 14.3. The van der Waals surface area contributed by atoms with Crippen molar-refractivity contribution < 1.29 is 0 Å². The Morgan fingerprint density at radius 1 is 0.526 bits per heavy atom. The summed E-state index contributed by atoms with van der Waals surface area (Å²) in [4.78, 5) is 0. The molecule has 0 unspecified atom stereocenters. The molecule has 0 spiro atoms. The second-order valence-corrected chi connectivity index (χ2v) is 13.1. The summed E-state index contributed by atoms with van der Waals surface area (Å²) in [7, 11) is 0. The smallest absolute Gasteiger partial charge is 0.0204 e. The van der Waals surface area contributed by atoms with E-state index in [0.29, 0.717) is 5.92 Å². The van der Waals surface area contributed by atoms with Crippen molar-refractivity contribution in [2.24, 2.45) is 0 Å². The summed E-state index contributed by atoms with van der Waals surface area (Å²) >= 11 is 0. The molecule has 0 aromatic heterocycles. The zero-order chi connectivity index (χ0) is 26.7. The summed E-state index contributed by atoms with van der Waals surface area (Å²) in [6.45, 7) is 14.0. The Hall–Kier alpha value is -3.64. The van der Waals surface area contributed by atoms with Gasteiger partial charge < -0.3 is 0 Å². The maximum absolute atomic E-state index is 2.50. The fourth-order valence-corrected chi connectivity index (χ4v) is 6.16. The Bertz CT molecular complexity index is 1550. The topological polar surface area (TPSA) is 0 Å². The molecule has 0 N–H and O–H groups in total. The molecule has 0 saturated heterocycles. The van der Waals surface area contributed by atoms with E-state index in [0.717, 1.165) is 6.42 Å². The van der Waals surface area contributed by atoms with Crippen LogP contribution in [-0.4, -0.2) is 0 Å². The first-order valence-corrected chi connectivity index (χ1v) is 14.0. The van der Waals surface area contributed by atoms with E-state index in [1.165, 1.54) is 61.2 Å². The molecule has 0 amide bonds. The molecule has 0 saturated carbocycles. The zero-order valence-corrected chi connectivity index (χ0v) is 23.6. The highest BCUT2D eigenvalue weighted by Crippen LogP contribution is 2.47. The summed E-state index contributed by atoms with van der Waals surface area (Å²) in [5, 5.41) is 0.